The van der Waals surface area contributed by atoms with Crippen molar-refractivity contribution in [3.63, 3.8) is 0 Å². The van der Waals surface area contributed by atoms with E-state index >= 15 is 0 Å². The summed E-state index contributed by atoms with van der Waals surface area (Å²) >= 11 is 0. The summed E-state index contributed by atoms with van der Waals surface area (Å²) in [5, 5.41) is 0. The van der Waals surface area contributed by atoms with Gasteiger partial charge in [-0.15, -0.1) is 0 Å². The molecule has 4 unspecified atom stereocenters. The van der Waals surface area contributed by atoms with E-state index in [1.807, 2.05) is 0 Å². The van der Waals surface area contributed by atoms with Gasteiger partial charge < -0.3 is 4.65 Å². The van der Waals surface area contributed by atoms with Crippen LogP contribution in [0.3, 0.4) is 0 Å². The van der Waals surface area contributed by atoms with E-state index in [-0.39, 0.29) is 0 Å². The van der Waals surface area contributed by atoms with E-state index in [9.17, 15) is 0 Å². The Morgan fingerprint density at radius 3 is 1.67 bits per heavy atom. The molecular formula is C10H19BO. The molecule has 1 aliphatic rings. The molecule has 0 aromatic rings. The van der Waals surface area contributed by atoms with Gasteiger partial charge in [0.1, 0.15) is 0 Å². The summed E-state index contributed by atoms with van der Waals surface area (Å²) in [5.41, 5.74) is 0. The minimum absolute atomic E-state index is 0.653. The predicted octanol–water partition coefficient (Wildman–Crippen LogP) is 2.26. The molecule has 2 radical (unpaired) electrons. The van der Waals surface area contributed by atoms with Gasteiger partial charge in [0.2, 0.25) is 0 Å². The minimum Gasteiger partial charge on any atom is -0.447 e. The van der Waals surface area contributed by atoms with Crippen molar-refractivity contribution >= 4 is 8.05 Å². The molecule has 0 spiro atoms. The van der Waals surface area contributed by atoms with Gasteiger partial charge in [0.25, 0.3) is 8.05 Å². The highest BCUT2D eigenvalue weighted by atomic mass is 16.4. The van der Waals surface area contributed by atoms with Crippen molar-refractivity contribution in [3.05, 3.63) is 0 Å². The molecule has 0 aromatic carbocycles. The molecule has 1 rings (SSSR count). The van der Waals surface area contributed by atoms with Crippen LogP contribution in [0.4, 0.5) is 0 Å². The quantitative estimate of drug-likeness (QED) is 0.571. The van der Waals surface area contributed by atoms with E-state index in [0.29, 0.717) is 5.92 Å². The highest BCUT2D eigenvalue weighted by molar-refractivity contribution is 5.97. The molecule has 0 heterocycles. The zero-order chi connectivity index (χ0) is 9.30. The van der Waals surface area contributed by atoms with Crippen LogP contribution < -0.4 is 0 Å². The van der Waals surface area contributed by atoms with Crippen molar-refractivity contribution in [2.24, 2.45) is 29.6 Å². The van der Waals surface area contributed by atoms with E-state index in [4.69, 9.17) is 12.7 Å². The van der Waals surface area contributed by atoms with E-state index < -0.39 is 0 Å². The van der Waals surface area contributed by atoms with Crippen molar-refractivity contribution in [2.45, 2.75) is 27.7 Å². The summed E-state index contributed by atoms with van der Waals surface area (Å²) < 4.78 is 4.76. The van der Waals surface area contributed by atoms with Gasteiger partial charge in [0.05, 0.1) is 0 Å². The fourth-order valence-electron chi connectivity index (χ4n) is 2.63. The topological polar surface area (TPSA) is 9.23 Å². The second-order valence-corrected chi connectivity index (χ2v) is 4.43. The van der Waals surface area contributed by atoms with E-state index in [2.05, 4.69) is 27.7 Å². The molecular weight excluding hydrogens is 147 g/mol. The van der Waals surface area contributed by atoms with Crippen LogP contribution in [0.25, 0.3) is 0 Å². The Morgan fingerprint density at radius 1 is 0.917 bits per heavy atom. The van der Waals surface area contributed by atoms with Crippen molar-refractivity contribution < 1.29 is 4.65 Å². The van der Waals surface area contributed by atoms with Gasteiger partial charge in [0, 0.05) is 6.61 Å². The maximum atomic E-state index is 5.12. The van der Waals surface area contributed by atoms with Gasteiger partial charge in [-0.2, -0.15) is 0 Å². The molecule has 0 bridgehead atoms. The first-order chi connectivity index (χ1) is 5.59. The Labute approximate surface area is 77.3 Å². The van der Waals surface area contributed by atoms with Gasteiger partial charge in [-0.05, 0) is 29.6 Å². The summed E-state index contributed by atoms with van der Waals surface area (Å²) in [6.07, 6.45) is 0. The molecule has 4 atom stereocenters. The van der Waals surface area contributed by atoms with Gasteiger partial charge in [-0.1, -0.05) is 27.7 Å². The maximum absolute atomic E-state index is 5.12. The highest BCUT2D eigenvalue weighted by Crippen LogP contribution is 2.45. The van der Waals surface area contributed by atoms with Crippen molar-refractivity contribution in [1.29, 1.82) is 0 Å². The van der Waals surface area contributed by atoms with Crippen LogP contribution in [-0.4, -0.2) is 14.7 Å². The summed E-state index contributed by atoms with van der Waals surface area (Å²) in [5.74, 6) is 3.76. The second-order valence-electron chi connectivity index (χ2n) is 4.43. The summed E-state index contributed by atoms with van der Waals surface area (Å²) in [6.45, 7) is 10.0. The SMILES string of the molecule is [B]OCC1C(C)C(C)C(C)C1C. The first-order valence-corrected chi connectivity index (χ1v) is 4.91. The second kappa shape index (κ2) is 3.82. The lowest BCUT2D eigenvalue weighted by atomic mass is 9.90. The third-order valence-corrected chi connectivity index (χ3v) is 4.13. The average molecular weight is 166 g/mol. The van der Waals surface area contributed by atoms with E-state index in [0.717, 1.165) is 30.3 Å². The standard InChI is InChI=1S/C10H19BO/c1-6-7(2)9(4)10(5-12-11)8(6)3/h6-10H,5H2,1-4H3. The summed E-state index contributed by atoms with van der Waals surface area (Å²) in [4.78, 5) is 0. The van der Waals surface area contributed by atoms with Gasteiger partial charge in [-0.25, -0.2) is 0 Å². The lowest BCUT2D eigenvalue weighted by Crippen LogP contribution is -2.18. The Balaban J connectivity index is 2.62. The molecule has 12 heavy (non-hydrogen) atoms. The number of hydrogen-bond donors (Lipinski definition) is 0. The fourth-order valence-corrected chi connectivity index (χ4v) is 2.63. The molecule has 1 aliphatic carbocycles. The molecule has 1 saturated carbocycles. The minimum atomic E-state index is 0.653. The first kappa shape index (κ1) is 10.1. The molecule has 2 heteroatoms. The molecule has 0 amide bonds. The van der Waals surface area contributed by atoms with E-state index in [1.54, 1.807) is 0 Å². The largest absolute Gasteiger partial charge is 0.447 e. The Bertz CT molecular complexity index is 135. The smallest absolute Gasteiger partial charge is 0.282 e. The van der Waals surface area contributed by atoms with Crippen molar-refractivity contribution in [3.8, 4) is 0 Å². The summed E-state index contributed by atoms with van der Waals surface area (Å²) in [7, 11) is 5.12. The third-order valence-electron chi connectivity index (χ3n) is 4.13. The molecule has 0 aromatic heterocycles. The zero-order valence-electron chi connectivity index (χ0n) is 8.58. The predicted molar refractivity (Wildman–Crippen MR) is 51.9 cm³/mol. The number of hydrogen-bond acceptors (Lipinski definition) is 1. The van der Waals surface area contributed by atoms with Crippen molar-refractivity contribution in [1.82, 2.24) is 0 Å². The average Bonchev–Trinajstić information content (AvgIpc) is 2.23. The monoisotopic (exact) mass is 166 g/mol. The molecule has 0 saturated heterocycles. The summed E-state index contributed by atoms with van der Waals surface area (Å²) in [6, 6.07) is 0. The normalized spacial score (nSPS) is 48.2. The highest BCUT2D eigenvalue weighted by Gasteiger charge is 2.40. The van der Waals surface area contributed by atoms with Gasteiger partial charge >= 0.3 is 0 Å². The number of rotatable bonds is 2. The van der Waals surface area contributed by atoms with Crippen LogP contribution in [0.15, 0.2) is 0 Å². The zero-order valence-corrected chi connectivity index (χ0v) is 8.58. The Kier molecular flexibility index (Phi) is 3.22. The third kappa shape index (κ3) is 1.54. The maximum Gasteiger partial charge on any atom is 0.282 e. The van der Waals surface area contributed by atoms with Gasteiger partial charge in [0.15, 0.2) is 0 Å². The Morgan fingerprint density at radius 2 is 1.33 bits per heavy atom. The van der Waals surface area contributed by atoms with Crippen LogP contribution in [0.5, 0.6) is 0 Å². The van der Waals surface area contributed by atoms with Crippen LogP contribution in [-0.2, 0) is 4.65 Å². The van der Waals surface area contributed by atoms with Crippen LogP contribution >= 0.6 is 0 Å². The molecule has 1 nitrogen and oxygen atoms in total. The lowest BCUT2D eigenvalue weighted by Gasteiger charge is -2.20. The Hall–Kier alpha value is 0.0249. The molecule has 68 valence electrons. The van der Waals surface area contributed by atoms with Crippen LogP contribution in [0.1, 0.15) is 27.7 Å². The van der Waals surface area contributed by atoms with Gasteiger partial charge in [-0.3, -0.25) is 0 Å². The molecule has 0 aliphatic heterocycles. The van der Waals surface area contributed by atoms with Crippen LogP contribution in [0.2, 0.25) is 0 Å². The van der Waals surface area contributed by atoms with E-state index in [1.165, 1.54) is 0 Å². The first-order valence-electron chi connectivity index (χ1n) is 4.91. The molecule has 0 N–H and O–H groups in total. The molecule has 1 fully saturated rings. The van der Waals surface area contributed by atoms with Crippen LogP contribution in [0, 0.1) is 29.6 Å². The lowest BCUT2D eigenvalue weighted by molar-refractivity contribution is 0.193. The van der Waals surface area contributed by atoms with Crippen molar-refractivity contribution in [2.75, 3.05) is 6.61 Å². The fraction of sp³-hybridized carbons (Fsp3) is 1.00.